The average Bonchev–Trinajstić information content (AvgIpc) is 3.59. The van der Waals surface area contributed by atoms with Crippen molar-refractivity contribution in [2.75, 3.05) is 19.8 Å². The molecule has 7 nitrogen and oxygen atoms in total. The second-order valence-electron chi connectivity index (χ2n) is 7.65. The third-order valence-electron chi connectivity index (χ3n) is 5.27. The number of hydrogen-bond acceptors (Lipinski definition) is 5. The van der Waals surface area contributed by atoms with Crippen LogP contribution in [0.4, 0.5) is 4.39 Å². The molecule has 2 aromatic rings. The van der Waals surface area contributed by atoms with E-state index in [2.05, 4.69) is 4.72 Å². The van der Waals surface area contributed by atoms with E-state index < -0.39 is 10.0 Å². The molecule has 0 saturated heterocycles. The Hall–Kier alpha value is -2.65. The van der Waals surface area contributed by atoms with Crippen LogP contribution in [0, 0.1) is 5.82 Å². The van der Waals surface area contributed by atoms with Gasteiger partial charge in [0.25, 0.3) is 0 Å². The summed E-state index contributed by atoms with van der Waals surface area (Å²) in [6.45, 7) is 1.11. The van der Waals surface area contributed by atoms with E-state index in [1.54, 1.807) is 29.2 Å². The minimum absolute atomic E-state index is 0.00522. The molecule has 2 aromatic carbocycles. The van der Waals surface area contributed by atoms with Crippen LogP contribution >= 0.6 is 0 Å². The van der Waals surface area contributed by atoms with E-state index in [0.717, 1.165) is 19.3 Å². The minimum atomic E-state index is -3.81. The molecule has 0 spiro atoms. The Kier molecular flexibility index (Phi) is 6.43. The van der Waals surface area contributed by atoms with Gasteiger partial charge in [-0.25, -0.2) is 17.5 Å². The minimum Gasteiger partial charge on any atom is -0.490 e. The van der Waals surface area contributed by atoms with Crippen molar-refractivity contribution in [3.8, 4) is 11.5 Å². The highest BCUT2D eigenvalue weighted by molar-refractivity contribution is 7.89. The van der Waals surface area contributed by atoms with Gasteiger partial charge in [-0.05, 0) is 31.0 Å². The molecule has 2 aliphatic rings. The van der Waals surface area contributed by atoms with E-state index in [-0.39, 0.29) is 42.2 Å². The van der Waals surface area contributed by atoms with Crippen molar-refractivity contribution in [1.29, 1.82) is 0 Å². The van der Waals surface area contributed by atoms with Crippen molar-refractivity contribution in [3.63, 3.8) is 0 Å². The van der Waals surface area contributed by atoms with Gasteiger partial charge in [-0.2, -0.15) is 0 Å². The fourth-order valence-electron chi connectivity index (χ4n) is 3.45. The maximum absolute atomic E-state index is 14.0. The molecule has 1 fully saturated rings. The normalized spacial score (nSPS) is 15.9. The molecule has 0 bridgehead atoms. The lowest BCUT2D eigenvalue weighted by atomic mass is 10.2. The predicted octanol–water partition coefficient (Wildman–Crippen LogP) is 2.85. The van der Waals surface area contributed by atoms with Crippen LogP contribution in [0.2, 0.25) is 0 Å². The highest BCUT2D eigenvalue weighted by atomic mass is 32.2. The van der Waals surface area contributed by atoms with Gasteiger partial charge in [-0.3, -0.25) is 4.79 Å². The second-order valence-corrected chi connectivity index (χ2v) is 9.42. The summed E-state index contributed by atoms with van der Waals surface area (Å²) in [5, 5.41) is 0. The molecule has 0 unspecified atom stereocenters. The van der Waals surface area contributed by atoms with Crippen molar-refractivity contribution in [3.05, 3.63) is 53.8 Å². The molecule has 0 atom stereocenters. The molecule has 166 valence electrons. The largest absolute Gasteiger partial charge is 0.490 e. The van der Waals surface area contributed by atoms with Gasteiger partial charge >= 0.3 is 0 Å². The fraction of sp³-hybridized carbons (Fsp3) is 0.409. The highest BCUT2D eigenvalue weighted by Gasteiger charge is 2.32. The van der Waals surface area contributed by atoms with Crippen LogP contribution in [0.25, 0.3) is 0 Å². The molecule has 1 aliphatic carbocycles. The van der Waals surface area contributed by atoms with E-state index in [0.29, 0.717) is 30.3 Å². The van der Waals surface area contributed by atoms with Crippen LogP contribution in [0.1, 0.15) is 31.2 Å². The summed E-state index contributed by atoms with van der Waals surface area (Å²) in [5.74, 6) is 0.351. The first-order valence-electron chi connectivity index (χ1n) is 10.4. The Morgan fingerprint density at radius 2 is 1.84 bits per heavy atom. The maximum atomic E-state index is 14.0. The topological polar surface area (TPSA) is 84.9 Å². The van der Waals surface area contributed by atoms with E-state index in [1.165, 1.54) is 18.2 Å². The lowest BCUT2D eigenvalue weighted by Gasteiger charge is -2.23. The third kappa shape index (κ3) is 5.34. The maximum Gasteiger partial charge on any atom is 0.240 e. The Morgan fingerprint density at radius 3 is 2.58 bits per heavy atom. The number of ether oxygens (including phenoxy) is 2. The highest BCUT2D eigenvalue weighted by Crippen LogP contribution is 2.32. The summed E-state index contributed by atoms with van der Waals surface area (Å²) in [6, 6.07) is 10.9. The number of benzene rings is 2. The summed E-state index contributed by atoms with van der Waals surface area (Å²) >= 11 is 0. The SMILES string of the molecule is O=C(CCNS(=O)(=O)c1ccc2c(c1)OCCCO2)N(Cc1ccccc1F)C1CC1. The van der Waals surface area contributed by atoms with Gasteiger partial charge in [0.1, 0.15) is 5.82 Å². The second kappa shape index (κ2) is 9.23. The summed E-state index contributed by atoms with van der Waals surface area (Å²) in [4.78, 5) is 14.4. The van der Waals surface area contributed by atoms with Gasteiger partial charge in [0.05, 0.1) is 18.1 Å². The number of carbonyl (C=O) groups excluding carboxylic acids is 1. The summed E-state index contributed by atoms with van der Waals surface area (Å²) < 4.78 is 52.8. The third-order valence-corrected chi connectivity index (χ3v) is 6.73. The number of halogens is 1. The lowest BCUT2D eigenvalue weighted by Crippen LogP contribution is -2.36. The smallest absolute Gasteiger partial charge is 0.240 e. The average molecular weight is 449 g/mol. The zero-order chi connectivity index (χ0) is 21.8. The summed E-state index contributed by atoms with van der Waals surface area (Å²) in [7, 11) is -3.81. The Bertz CT molecular complexity index is 1060. The number of sulfonamides is 1. The molecule has 1 heterocycles. The molecule has 31 heavy (non-hydrogen) atoms. The van der Waals surface area contributed by atoms with Crippen molar-refractivity contribution < 1.29 is 27.1 Å². The van der Waals surface area contributed by atoms with Crippen molar-refractivity contribution in [2.45, 2.75) is 43.2 Å². The molecular weight excluding hydrogens is 423 g/mol. The zero-order valence-electron chi connectivity index (χ0n) is 17.1. The van der Waals surface area contributed by atoms with Gasteiger partial charge in [-0.15, -0.1) is 0 Å². The molecule has 1 amide bonds. The zero-order valence-corrected chi connectivity index (χ0v) is 17.9. The van der Waals surface area contributed by atoms with Crippen LogP contribution in [-0.2, 0) is 21.4 Å². The fourth-order valence-corrected chi connectivity index (χ4v) is 4.49. The molecule has 1 aliphatic heterocycles. The van der Waals surface area contributed by atoms with Gasteiger partial charge < -0.3 is 14.4 Å². The van der Waals surface area contributed by atoms with Crippen molar-refractivity contribution >= 4 is 15.9 Å². The molecule has 1 N–H and O–H groups in total. The van der Waals surface area contributed by atoms with Gasteiger partial charge in [0, 0.05) is 43.6 Å². The first-order chi connectivity index (χ1) is 14.9. The number of nitrogens with zero attached hydrogens (tertiary/aromatic N) is 1. The van der Waals surface area contributed by atoms with Crippen molar-refractivity contribution in [2.24, 2.45) is 0 Å². The number of amides is 1. The number of carbonyl (C=O) groups is 1. The van der Waals surface area contributed by atoms with E-state index in [1.807, 2.05) is 0 Å². The van der Waals surface area contributed by atoms with Crippen LogP contribution < -0.4 is 14.2 Å². The quantitative estimate of drug-likeness (QED) is 0.671. The first-order valence-corrected chi connectivity index (χ1v) is 11.8. The molecule has 9 heteroatoms. The molecule has 1 saturated carbocycles. The first kappa shape index (κ1) is 21.6. The number of nitrogens with one attached hydrogen (secondary N) is 1. The van der Waals surface area contributed by atoms with E-state index in [4.69, 9.17) is 9.47 Å². The number of rotatable bonds is 8. The lowest BCUT2D eigenvalue weighted by molar-refractivity contribution is -0.132. The van der Waals surface area contributed by atoms with Gasteiger partial charge in [-0.1, -0.05) is 18.2 Å². The molecular formula is C22H25FN2O5S. The van der Waals surface area contributed by atoms with Crippen molar-refractivity contribution in [1.82, 2.24) is 9.62 Å². The number of fused-ring (bicyclic) bond motifs is 1. The monoisotopic (exact) mass is 448 g/mol. The Balaban J connectivity index is 1.37. The van der Waals surface area contributed by atoms with Crippen LogP contribution in [0.15, 0.2) is 47.4 Å². The number of hydrogen-bond donors (Lipinski definition) is 1. The standard InChI is InChI=1S/C22H25FN2O5S/c23-19-5-2-1-4-16(19)15-25(17-6-7-17)22(26)10-11-24-31(27,28)18-8-9-20-21(14-18)30-13-3-12-29-20/h1-2,4-5,8-9,14,17,24H,3,6-7,10-13,15H2. The predicted molar refractivity (Wildman–Crippen MR) is 112 cm³/mol. The van der Waals surface area contributed by atoms with Gasteiger partial charge in [0.15, 0.2) is 11.5 Å². The summed E-state index contributed by atoms with van der Waals surface area (Å²) in [6.07, 6.45) is 2.47. The molecule has 0 aromatic heterocycles. The van der Waals surface area contributed by atoms with Crippen LogP contribution in [0.3, 0.4) is 0 Å². The van der Waals surface area contributed by atoms with E-state index >= 15 is 0 Å². The molecule has 0 radical (unpaired) electrons. The van der Waals surface area contributed by atoms with E-state index in [9.17, 15) is 17.6 Å². The van der Waals surface area contributed by atoms with Crippen LogP contribution in [-0.4, -0.2) is 45.0 Å². The van der Waals surface area contributed by atoms with Crippen LogP contribution in [0.5, 0.6) is 11.5 Å². The Morgan fingerprint density at radius 1 is 1.10 bits per heavy atom. The van der Waals surface area contributed by atoms with Gasteiger partial charge in [0.2, 0.25) is 15.9 Å². The molecule has 4 rings (SSSR count). The summed E-state index contributed by atoms with van der Waals surface area (Å²) in [5.41, 5.74) is 0.454. The Labute approximate surface area is 181 Å².